The molecule has 0 amide bonds. The highest BCUT2D eigenvalue weighted by molar-refractivity contribution is 5.44. The van der Waals surface area contributed by atoms with Gasteiger partial charge in [-0.2, -0.15) is 10.4 Å². The third-order valence-electron chi connectivity index (χ3n) is 2.20. The molecular formula is C11H15N3O2. The summed E-state index contributed by atoms with van der Waals surface area (Å²) < 4.78 is 10.5. The van der Waals surface area contributed by atoms with Crippen LogP contribution < -0.4 is 4.74 Å². The number of aromatic nitrogens is 2. The minimum absolute atomic E-state index is 0.283. The number of hydrogen-bond acceptors (Lipinski definition) is 5. The zero-order valence-corrected chi connectivity index (χ0v) is 9.78. The summed E-state index contributed by atoms with van der Waals surface area (Å²) in [4.78, 5) is 0. The first-order chi connectivity index (χ1) is 7.70. The minimum atomic E-state index is 0.283. The predicted octanol–water partition coefficient (Wildman–Crippen LogP) is 1.38. The second-order valence-electron chi connectivity index (χ2n) is 3.25. The monoisotopic (exact) mass is 221 g/mol. The molecule has 16 heavy (non-hydrogen) atoms. The van der Waals surface area contributed by atoms with E-state index in [4.69, 9.17) is 14.7 Å². The molecule has 1 aromatic heterocycles. The van der Waals surface area contributed by atoms with Crippen molar-refractivity contribution in [1.82, 2.24) is 10.2 Å². The molecule has 0 saturated heterocycles. The van der Waals surface area contributed by atoms with Gasteiger partial charge in [-0.15, -0.1) is 5.10 Å². The Balaban J connectivity index is 2.73. The van der Waals surface area contributed by atoms with Crippen molar-refractivity contribution >= 4 is 0 Å². The summed E-state index contributed by atoms with van der Waals surface area (Å²) in [6, 6.07) is 2.08. The van der Waals surface area contributed by atoms with Crippen LogP contribution in [-0.4, -0.2) is 30.0 Å². The van der Waals surface area contributed by atoms with E-state index >= 15 is 0 Å². The van der Waals surface area contributed by atoms with E-state index < -0.39 is 0 Å². The van der Waals surface area contributed by atoms with Crippen LogP contribution in [0, 0.1) is 25.2 Å². The zero-order chi connectivity index (χ0) is 12.0. The fourth-order valence-electron chi connectivity index (χ4n) is 1.16. The summed E-state index contributed by atoms with van der Waals surface area (Å²) in [7, 11) is 0. The molecule has 0 aliphatic carbocycles. The second kappa shape index (κ2) is 6.03. The lowest BCUT2D eigenvalue weighted by molar-refractivity contribution is 0.108. The molecule has 1 heterocycles. The maximum atomic E-state index is 9.00. The molecule has 1 rings (SSSR count). The van der Waals surface area contributed by atoms with Gasteiger partial charge in [0.2, 0.25) is 0 Å². The van der Waals surface area contributed by atoms with E-state index in [0.717, 1.165) is 11.3 Å². The molecule has 0 atom stereocenters. The molecule has 5 heteroatoms. The van der Waals surface area contributed by atoms with Gasteiger partial charge in [-0.1, -0.05) is 0 Å². The van der Waals surface area contributed by atoms with E-state index in [1.165, 1.54) is 0 Å². The lowest BCUT2D eigenvalue weighted by Crippen LogP contribution is -2.10. The molecule has 0 radical (unpaired) electrons. The van der Waals surface area contributed by atoms with Crippen molar-refractivity contribution in [3.8, 4) is 11.9 Å². The van der Waals surface area contributed by atoms with Gasteiger partial charge in [-0.25, -0.2) is 0 Å². The van der Waals surface area contributed by atoms with Crippen LogP contribution in [0.3, 0.4) is 0 Å². The van der Waals surface area contributed by atoms with Crippen LogP contribution in [0.5, 0.6) is 5.88 Å². The zero-order valence-electron chi connectivity index (χ0n) is 9.78. The molecule has 0 bridgehead atoms. The highest BCUT2D eigenvalue weighted by Crippen LogP contribution is 2.18. The van der Waals surface area contributed by atoms with Gasteiger partial charge >= 0.3 is 0 Å². The van der Waals surface area contributed by atoms with Crippen LogP contribution in [-0.2, 0) is 4.74 Å². The van der Waals surface area contributed by atoms with Crippen LogP contribution in [0.1, 0.15) is 23.7 Å². The Labute approximate surface area is 95.0 Å². The van der Waals surface area contributed by atoms with Crippen LogP contribution in [0.15, 0.2) is 0 Å². The van der Waals surface area contributed by atoms with E-state index in [0.29, 0.717) is 25.4 Å². The van der Waals surface area contributed by atoms with Crippen molar-refractivity contribution in [2.75, 3.05) is 19.8 Å². The van der Waals surface area contributed by atoms with Crippen molar-refractivity contribution in [2.45, 2.75) is 20.8 Å². The van der Waals surface area contributed by atoms with Gasteiger partial charge in [0.05, 0.1) is 12.3 Å². The first-order valence-electron chi connectivity index (χ1n) is 5.15. The molecule has 0 spiro atoms. The van der Waals surface area contributed by atoms with Gasteiger partial charge in [-0.05, 0) is 26.3 Å². The maximum Gasteiger partial charge on any atom is 0.251 e. The first-order valence-corrected chi connectivity index (χ1v) is 5.15. The van der Waals surface area contributed by atoms with Gasteiger partial charge in [0.1, 0.15) is 18.2 Å². The number of rotatable bonds is 5. The number of hydrogen-bond donors (Lipinski definition) is 0. The Bertz CT molecular complexity index is 399. The SMILES string of the molecule is CCOCCOc1nnc(C)c(C)c1C#N. The summed E-state index contributed by atoms with van der Waals surface area (Å²) >= 11 is 0. The fourth-order valence-corrected chi connectivity index (χ4v) is 1.16. The van der Waals surface area contributed by atoms with Gasteiger partial charge in [0, 0.05) is 6.61 Å². The Kier molecular flexibility index (Phi) is 4.67. The Morgan fingerprint density at radius 3 is 2.62 bits per heavy atom. The highest BCUT2D eigenvalue weighted by Gasteiger charge is 2.11. The number of nitriles is 1. The molecule has 0 N–H and O–H groups in total. The van der Waals surface area contributed by atoms with Crippen molar-refractivity contribution < 1.29 is 9.47 Å². The van der Waals surface area contributed by atoms with Crippen LogP contribution in [0.2, 0.25) is 0 Å². The minimum Gasteiger partial charge on any atom is -0.473 e. The third kappa shape index (κ3) is 2.91. The van der Waals surface area contributed by atoms with Crippen molar-refractivity contribution in [3.05, 3.63) is 16.8 Å². The molecule has 0 aliphatic heterocycles. The van der Waals surface area contributed by atoms with E-state index in [-0.39, 0.29) is 5.88 Å². The van der Waals surface area contributed by atoms with Gasteiger partial charge in [-0.3, -0.25) is 0 Å². The van der Waals surface area contributed by atoms with E-state index in [1.807, 2.05) is 20.8 Å². The van der Waals surface area contributed by atoms with Gasteiger partial charge in [0.15, 0.2) is 0 Å². The molecule has 86 valence electrons. The summed E-state index contributed by atoms with van der Waals surface area (Å²) in [5, 5.41) is 16.8. The Morgan fingerprint density at radius 1 is 1.25 bits per heavy atom. The quantitative estimate of drug-likeness (QED) is 0.702. The normalized spacial score (nSPS) is 9.88. The molecule has 0 unspecified atom stereocenters. The van der Waals surface area contributed by atoms with Crippen LogP contribution >= 0.6 is 0 Å². The van der Waals surface area contributed by atoms with Gasteiger partial charge in [0.25, 0.3) is 5.88 Å². The average Bonchev–Trinajstić information content (AvgIpc) is 2.29. The fraction of sp³-hybridized carbons (Fsp3) is 0.545. The molecular weight excluding hydrogens is 206 g/mol. The van der Waals surface area contributed by atoms with E-state index in [1.54, 1.807) is 0 Å². The summed E-state index contributed by atoms with van der Waals surface area (Å²) in [6.45, 7) is 7.06. The molecule has 0 saturated carbocycles. The lowest BCUT2D eigenvalue weighted by Gasteiger charge is -2.08. The van der Waals surface area contributed by atoms with E-state index in [9.17, 15) is 0 Å². The van der Waals surface area contributed by atoms with E-state index in [2.05, 4.69) is 16.3 Å². The predicted molar refractivity (Wildman–Crippen MR) is 58.2 cm³/mol. The van der Waals surface area contributed by atoms with Crippen molar-refractivity contribution in [1.29, 1.82) is 5.26 Å². The smallest absolute Gasteiger partial charge is 0.251 e. The molecule has 5 nitrogen and oxygen atoms in total. The number of nitrogens with zero attached hydrogens (tertiary/aromatic N) is 3. The topological polar surface area (TPSA) is 68.0 Å². The standard InChI is InChI=1S/C11H15N3O2/c1-4-15-5-6-16-11-10(7-12)8(2)9(3)13-14-11/h4-6H2,1-3H3. The molecule has 0 fully saturated rings. The molecule has 0 aliphatic rings. The van der Waals surface area contributed by atoms with Crippen LogP contribution in [0.4, 0.5) is 0 Å². The highest BCUT2D eigenvalue weighted by atomic mass is 16.5. The van der Waals surface area contributed by atoms with Crippen molar-refractivity contribution in [3.63, 3.8) is 0 Å². The Hall–Kier alpha value is -1.67. The van der Waals surface area contributed by atoms with Crippen molar-refractivity contribution in [2.24, 2.45) is 0 Å². The second-order valence-corrected chi connectivity index (χ2v) is 3.25. The first kappa shape index (κ1) is 12.4. The Morgan fingerprint density at radius 2 is 2.00 bits per heavy atom. The molecule has 1 aromatic rings. The summed E-state index contributed by atoms with van der Waals surface area (Å²) in [5.74, 6) is 0.283. The number of ether oxygens (including phenoxy) is 2. The average molecular weight is 221 g/mol. The third-order valence-corrected chi connectivity index (χ3v) is 2.20. The van der Waals surface area contributed by atoms with Gasteiger partial charge < -0.3 is 9.47 Å². The van der Waals surface area contributed by atoms with Crippen LogP contribution in [0.25, 0.3) is 0 Å². The summed E-state index contributed by atoms with van der Waals surface area (Å²) in [6.07, 6.45) is 0. The summed E-state index contributed by atoms with van der Waals surface area (Å²) in [5.41, 5.74) is 2.00. The lowest BCUT2D eigenvalue weighted by atomic mass is 10.1. The number of aryl methyl sites for hydroxylation is 1. The molecule has 0 aromatic carbocycles. The largest absolute Gasteiger partial charge is 0.473 e. The maximum absolute atomic E-state index is 9.00.